The molecule has 0 aliphatic carbocycles. The standard InChI is InChI=1S/C21H19BrFNO5/c1-3-29-19(25)10-17-15-7-6-14(28-2)9-16(15)20(26)24(21(17)27)11-12-4-5-13(22)8-18(12)23/h4-9,27H,3,10-11H2,1-2H3. The van der Waals surface area contributed by atoms with Gasteiger partial charge in [0.05, 0.1) is 32.1 Å². The average Bonchev–Trinajstić information content (AvgIpc) is 2.69. The van der Waals surface area contributed by atoms with E-state index >= 15 is 0 Å². The maximum atomic E-state index is 14.3. The molecule has 0 saturated heterocycles. The van der Waals surface area contributed by atoms with Gasteiger partial charge in [0.15, 0.2) is 5.88 Å². The van der Waals surface area contributed by atoms with E-state index in [1.165, 1.54) is 25.3 Å². The number of aromatic nitrogens is 1. The number of methoxy groups -OCH3 is 1. The highest BCUT2D eigenvalue weighted by Gasteiger charge is 2.20. The molecule has 8 heteroatoms. The molecule has 6 nitrogen and oxygen atoms in total. The molecule has 1 heterocycles. The molecule has 0 saturated carbocycles. The normalized spacial score (nSPS) is 10.9. The van der Waals surface area contributed by atoms with E-state index < -0.39 is 23.2 Å². The first-order valence-electron chi connectivity index (χ1n) is 8.87. The van der Waals surface area contributed by atoms with Crippen LogP contribution in [0.3, 0.4) is 0 Å². The van der Waals surface area contributed by atoms with Crippen LogP contribution >= 0.6 is 15.9 Å². The summed E-state index contributed by atoms with van der Waals surface area (Å²) >= 11 is 3.19. The Hall–Kier alpha value is -2.87. The maximum Gasteiger partial charge on any atom is 0.310 e. The van der Waals surface area contributed by atoms with Crippen molar-refractivity contribution >= 4 is 32.7 Å². The number of halogens is 2. The number of ether oxygens (including phenoxy) is 2. The fraction of sp³-hybridized carbons (Fsp3) is 0.238. The molecule has 0 aliphatic rings. The van der Waals surface area contributed by atoms with Gasteiger partial charge in [-0.2, -0.15) is 0 Å². The second-order valence-corrected chi connectivity index (χ2v) is 7.24. The Bertz CT molecular complexity index is 1140. The summed E-state index contributed by atoms with van der Waals surface area (Å²) in [6.07, 6.45) is -0.231. The lowest BCUT2D eigenvalue weighted by molar-refractivity contribution is -0.142. The van der Waals surface area contributed by atoms with Gasteiger partial charge in [-0.3, -0.25) is 14.2 Å². The van der Waals surface area contributed by atoms with Gasteiger partial charge >= 0.3 is 5.97 Å². The number of hydrogen-bond acceptors (Lipinski definition) is 5. The smallest absolute Gasteiger partial charge is 0.310 e. The van der Waals surface area contributed by atoms with E-state index in [0.717, 1.165) is 4.57 Å². The zero-order chi connectivity index (χ0) is 21.1. The van der Waals surface area contributed by atoms with Gasteiger partial charge in [-0.25, -0.2) is 4.39 Å². The monoisotopic (exact) mass is 463 g/mol. The second kappa shape index (κ2) is 8.65. The zero-order valence-corrected chi connectivity index (χ0v) is 17.5. The molecule has 152 valence electrons. The third kappa shape index (κ3) is 4.27. The lowest BCUT2D eigenvalue weighted by Crippen LogP contribution is -2.23. The molecule has 0 fully saturated rings. The molecule has 0 spiro atoms. The third-order valence-electron chi connectivity index (χ3n) is 4.52. The molecule has 0 bridgehead atoms. The number of pyridine rings is 1. The van der Waals surface area contributed by atoms with Crippen LogP contribution in [-0.2, 0) is 22.5 Å². The fourth-order valence-electron chi connectivity index (χ4n) is 3.11. The van der Waals surface area contributed by atoms with Gasteiger partial charge in [-0.05, 0) is 36.6 Å². The highest BCUT2D eigenvalue weighted by molar-refractivity contribution is 9.10. The van der Waals surface area contributed by atoms with Crippen LogP contribution in [0.5, 0.6) is 11.6 Å². The summed E-state index contributed by atoms with van der Waals surface area (Å²) < 4.78 is 26.1. The Kier molecular flexibility index (Phi) is 6.22. The number of nitrogens with zero attached hydrogens (tertiary/aromatic N) is 1. The summed E-state index contributed by atoms with van der Waals surface area (Å²) in [5.41, 5.74) is -0.0699. The van der Waals surface area contributed by atoms with Gasteiger partial charge < -0.3 is 14.6 Å². The molecule has 1 aromatic heterocycles. The predicted molar refractivity (Wildman–Crippen MR) is 110 cm³/mol. The van der Waals surface area contributed by atoms with E-state index in [1.807, 2.05) is 0 Å². The summed E-state index contributed by atoms with van der Waals surface area (Å²) in [5.74, 6) is -1.02. The van der Waals surface area contributed by atoms with Crippen LogP contribution in [0.2, 0.25) is 0 Å². The molecule has 0 aliphatic heterocycles. The fourth-order valence-corrected chi connectivity index (χ4v) is 3.45. The topological polar surface area (TPSA) is 77.8 Å². The number of esters is 1. The van der Waals surface area contributed by atoms with Gasteiger partial charge in [0.1, 0.15) is 11.6 Å². The minimum atomic E-state index is -0.542. The first-order valence-corrected chi connectivity index (χ1v) is 9.67. The number of fused-ring (bicyclic) bond motifs is 1. The third-order valence-corrected chi connectivity index (χ3v) is 5.02. The number of benzene rings is 2. The SMILES string of the molecule is CCOC(=O)Cc1c(O)n(Cc2ccc(Br)cc2F)c(=O)c2cc(OC)ccc12. The van der Waals surface area contributed by atoms with Crippen LogP contribution in [0.15, 0.2) is 45.7 Å². The summed E-state index contributed by atoms with van der Waals surface area (Å²) in [6.45, 7) is 1.67. The van der Waals surface area contributed by atoms with Gasteiger partial charge in [0, 0.05) is 15.6 Å². The van der Waals surface area contributed by atoms with Crippen molar-refractivity contribution in [3.05, 3.63) is 68.2 Å². The molecule has 3 aromatic rings. The molecular formula is C21H19BrFNO5. The van der Waals surface area contributed by atoms with Gasteiger partial charge in [-0.15, -0.1) is 0 Å². The van der Waals surface area contributed by atoms with Crippen LogP contribution in [0.4, 0.5) is 4.39 Å². The maximum absolute atomic E-state index is 14.3. The lowest BCUT2D eigenvalue weighted by Gasteiger charge is -2.16. The van der Waals surface area contributed by atoms with Crippen molar-refractivity contribution in [3.63, 3.8) is 0 Å². The van der Waals surface area contributed by atoms with Crippen LogP contribution < -0.4 is 10.3 Å². The van der Waals surface area contributed by atoms with Crippen molar-refractivity contribution in [2.45, 2.75) is 19.9 Å². The van der Waals surface area contributed by atoms with Crippen LogP contribution in [0.1, 0.15) is 18.1 Å². The molecule has 0 atom stereocenters. The zero-order valence-electron chi connectivity index (χ0n) is 15.9. The second-order valence-electron chi connectivity index (χ2n) is 6.32. The Labute approximate surface area is 174 Å². The van der Waals surface area contributed by atoms with E-state index in [4.69, 9.17) is 9.47 Å². The Morgan fingerprint density at radius 1 is 1.21 bits per heavy atom. The largest absolute Gasteiger partial charge is 0.497 e. The van der Waals surface area contributed by atoms with Gasteiger partial charge in [-0.1, -0.05) is 28.1 Å². The number of carbonyl (C=O) groups is 1. The number of aromatic hydroxyl groups is 1. The molecule has 0 unspecified atom stereocenters. The summed E-state index contributed by atoms with van der Waals surface area (Å²) in [4.78, 5) is 25.1. The van der Waals surface area contributed by atoms with Crippen molar-refractivity contribution in [3.8, 4) is 11.6 Å². The highest BCUT2D eigenvalue weighted by Crippen LogP contribution is 2.29. The Morgan fingerprint density at radius 3 is 2.62 bits per heavy atom. The quantitative estimate of drug-likeness (QED) is 0.562. The van der Waals surface area contributed by atoms with Crippen molar-refractivity contribution in [1.29, 1.82) is 0 Å². The average molecular weight is 464 g/mol. The number of rotatable bonds is 6. The predicted octanol–water partition coefficient (Wildman–Crippen LogP) is 3.77. The molecule has 3 rings (SSSR count). The van der Waals surface area contributed by atoms with E-state index in [2.05, 4.69) is 15.9 Å². The lowest BCUT2D eigenvalue weighted by atomic mass is 10.0. The van der Waals surface area contributed by atoms with Crippen molar-refractivity contribution in [2.75, 3.05) is 13.7 Å². The first-order chi connectivity index (χ1) is 13.8. The Balaban J connectivity index is 2.22. The van der Waals surface area contributed by atoms with Gasteiger partial charge in [0.2, 0.25) is 0 Å². The molecule has 1 N–H and O–H groups in total. The molecule has 0 radical (unpaired) electrons. The minimum absolute atomic E-state index is 0.190. The van der Waals surface area contributed by atoms with Crippen molar-refractivity contribution in [1.82, 2.24) is 4.57 Å². The van der Waals surface area contributed by atoms with E-state index in [-0.39, 0.29) is 36.1 Å². The summed E-state index contributed by atoms with van der Waals surface area (Å²) in [6, 6.07) is 9.21. The summed E-state index contributed by atoms with van der Waals surface area (Å²) in [7, 11) is 1.47. The first kappa shape index (κ1) is 20.9. The number of carbonyl (C=O) groups excluding carboxylic acids is 1. The number of hydrogen-bond donors (Lipinski definition) is 1. The summed E-state index contributed by atoms with van der Waals surface area (Å²) in [5, 5.41) is 11.5. The van der Waals surface area contributed by atoms with E-state index in [0.29, 0.717) is 15.6 Å². The van der Waals surface area contributed by atoms with Crippen LogP contribution in [0.25, 0.3) is 10.8 Å². The van der Waals surface area contributed by atoms with Crippen molar-refractivity contribution in [2.24, 2.45) is 0 Å². The minimum Gasteiger partial charge on any atom is -0.497 e. The van der Waals surface area contributed by atoms with Crippen molar-refractivity contribution < 1.29 is 23.8 Å². The van der Waals surface area contributed by atoms with E-state index in [1.54, 1.807) is 25.1 Å². The highest BCUT2D eigenvalue weighted by atomic mass is 79.9. The Morgan fingerprint density at radius 2 is 1.97 bits per heavy atom. The molecule has 29 heavy (non-hydrogen) atoms. The molecular weight excluding hydrogens is 445 g/mol. The van der Waals surface area contributed by atoms with E-state index in [9.17, 15) is 19.1 Å². The molecule has 2 aromatic carbocycles. The molecule has 0 amide bonds. The van der Waals surface area contributed by atoms with Crippen LogP contribution in [0, 0.1) is 5.82 Å². The van der Waals surface area contributed by atoms with Gasteiger partial charge in [0.25, 0.3) is 5.56 Å². The van der Waals surface area contributed by atoms with Crippen LogP contribution in [-0.4, -0.2) is 29.4 Å².